The Hall–Kier alpha value is -0.0400. The van der Waals surface area contributed by atoms with Crippen molar-refractivity contribution in [3.05, 3.63) is 0 Å². The molecule has 2 unspecified atom stereocenters. The van der Waals surface area contributed by atoms with Crippen molar-refractivity contribution in [1.29, 1.82) is 0 Å². The molecule has 0 amide bonds. The Morgan fingerprint density at radius 1 is 0.632 bits per heavy atom. The van der Waals surface area contributed by atoms with Gasteiger partial charge in [0.2, 0.25) is 0 Å². The summed E-state index contributed by atoms with van der Waals surface area (Å²) in [5.74, 6) is 1.80. The first-order valence-electron chi connectivity index (χ1n) is 8.86. The lowest BCUT2D eigenvalue weighted by atomic mass is 9.89. The Kier molecular flexibility index (Phi) is 17.9. The third-order valence-electron chi connectivity index (χ3n) is 3.80. The molecule has 0 saturated heterocycles. The zero-order chi connectivity index (χ0) is 15.1. The summed E-state index contributed by atoms with van der Waals surface area (Å²) < 4.78 is 0. The van der Waals surface area contributed by atoms with E-state index in [4.69, 9.17) is 5.11 Å². The van der Waals surface area contributed by atoms with Gasteiger partial charge in [-0.15, -0.1) is 0 Å². The second kappa shape index (κ2) is 16.0. The minimum Gasteiger partial charge on any atom is -0.393 e. The summed E-state index contributed by atoms with van der Waals surface area (Å²) in [6.45, 7) is 12.6. The van der Waals surface area contributed by atoms with E-state index in [0.717, 1.165) is 24.7 Å². The fourth-order valence-corrected chi connectivity index (χ4v) is 2.71. The van der Waals surface area contributed by atoms with Gasteiger partial charge in [0.25, 0.3) is 0 Å². The van der Waals surface area contributed by atoms with Crippen LogP contribution in [0.25, 0.3) is 0 Å². The van der Waals surface area contributed by atoms with Gasteiger partial charge < -0.3 is 5.11 Å². The Balaban J connectivity index is 0. The number of rotatable bonds is 0. The van der Waals surface area contributed by atoms with Crippen molar-refractivity contribution in [2.45, 2.75) is 105 Å². The van der Waals surface area contributed by atoms with Gasteiger partial charge in [-0.05, 0) is 24.7 Å². The Morgan fingerprint density at radius 2 is 1.11 bits per heavy atom. The summed E-state index contributed by atoms with van der Waals surface area (Å²) in [7, 11) is 0. The lowest BCUT2D eigenvalue weighted by Crippen LogP contribution is -2.16. The van der Waals surface area contributed by atoms with Crippen LogP contribution in [0.2, 0.25) is 0 Å². The standard InChI is InChI=1S/C7H14O.C7H14.2C2H6/c1-6-3-2-4-7(8)5-6;1-7-5-3-2-4-6-7;2*1-2/h6-8H,2-5H2,1H3;7H,2-6H2,1H3;2*1-2H3. The third kappa shape index (κ3) is 14.2. The molecule has 2 atom stereocenters. The first-order valence-corrected chi connectivity index (χ1v) is 8.86. The highest BCUT2D eigenvalue weighted by molar-refractivity contribution is 4.68. The van der Waals surface area contributed by atoms with Gasteiger partial charge in [-0.2, -0.15) is 0 Å². The molecule has 0 heterocycles. The molecule has 0 aliphatic heterocycles. The molecule has 19 heavy (non-hydrogen) atoms. The normalized spacial score (nSPS) is 26.7. The summed E-state index contributed by atoms with van der Waals surface area (Å²) in [4.78, 5) is 0. The highest BCUT2D eigenvalue weighted by Gasteiger charge is 2.15. The van der Waals surface area contributed by atoms with Gasteiger partial charge >= 0.3 is 0 Å². The van der Waals surface area contributed by atoms with Crippen LogP contribution in [-0.2, 0) is 0 Å². The van der Waals surface area contributed by atoms with Crippen LogP contribution in [0.3, 0.4) is 0 Å². The molecule has 0 aromatic carbocycles. The fraction of sp³-hybridized carbons (Fsp3) is 1.00. The first kappa shape index (κ1) is 21.3. The van der Waals surface area contributed by atoms with E-state index in [9.17, 15) is 0 Å². The van der Waals surface area contributed by atoms with Crippen LogP contribution in [0.1, 0.15) is 99.3 Å². The van der Waals surface area contributed by atoms with Crippen LogP contribution in [0, 0.1) is 11.8 Å². The largest absolute Gasteiger partial charge is 0.393 e. The second-order valence-corrected chi connectivity index (χ2v) is 5.67. The van der Waals surface area contributed by atoms with Crippen molar-refractivity contribution in [1.82, 2.24) is 0 Å². The lowest BCUT2D eigenvalue weighted by molar-refractivity contribution is 0.106. The molecule has 2 aliphatic rings. The topological polar surface area (TPSA) is 20.2 Å². The molecule has 2 saturated carbocycles. The van der Waals surface area contributed by atoms with Crippen molar-refractivity contribution >= 4 is 0 Å². The molecule has 2 fully saturated rings. The van der Waals surface area contributed by atoms with Crippen LogP contribution >= 0.6 is 0 Å². The summed E-state index contributed by atoms with van der Waals surface area (Å²) in [6, 6.07) is 0. The number of aliphatic hydroxyl groups is 1. The molecular weight excluding hydrogens is 232 g/mol. The molecule has 0 bridgehead atoms. The van der Waals surface area contributed by atoms with Crippen molar-refractivity contribution in [2.24, 2.45) is 11.8 Å². The molecule has 1 nitrogen and oxygen atoms in total. The van der Waals surface area contributed by atoms with E-state index in [-0.39, 0.29) is 6.10 Å². The summed E-state index contributed by atoms with van der Waals surface area (Å²) in [5, 5.41) is 9.08. The van der Waals surface area contributed by atoms with Crippen LogP contribution < -0.4 is 0 Å². The number of hydrogen-bond acceptors (Lipinski definition) is 1. The molecule has 1 heteroatoms. The Morgan fingerprint density at radius 3 is 1.37 bits per heavy atom. The van der Waals surface area contributed by atoms with E-state index < -0.39 is 0 Å². The van der Waals surface area contributed by atoms with Crippen molar-refractivity contribution in [3.8, 4) is 0 Å². The van der Waals surface area contributed by atoms with Crippen LogP contribution in [0.5, 0.6) is 0 Å². The van der Waals surface area contributed by atoms with Crippen molar-refractivity contribution in [3.63, 3.8) is 0 Å². The Labute approximate surface area is 123 Å². The van der Waals surface area contributed by atoms with E-state index >= 15 is 0 Å². The minimum atomic E-state index is 0.0127. The van der Waals surface area contributed by atoms with Crippen LogP contribution in [-0.4, -0.2) is 11.2 Å². The highest BCUT2D eigenvalue weighted by atomic mass is 16.3. The molecule has 1 N–H and O–H groups in total. The highest BCUT2D eigenvalue weighted by Crippen LogP contribution is 2.23. The van der Waals surface area contributed by atoms with Gasteiger partial charge in [-0.3, -0.25) is 0 Å². The van der Waals surface area contributed by atoms with Crippen molar-refractivity contribution in [2.75, 3.05) is 0 Å². The molecular formula is C18H40O. The molecule has 0 aromatic rings. The summed E-state index contributed by atoms with van der Waals surface area (Å²) in [6.07, 6.45) is 12.1. The van der Waals surface area contributed by atoms with Gasteiger partial charge in [0, 0.05) is 0 Å². The maximum atomic E-state index is 9.08. The third-order valence-corrected chi connectivity index (χ3v) is 3.80. The van der Waals surface area contributed by atoms with Crippen LogP contribution in [0.15, 0.2) is 0 Å². The van der Waals surface area contributed by atoms with Gasteiger partial charge in [-0.1, -0.05) is 86.5 Å². The van der Waals surface area contributed by atoms with Gasteiger partial charge in [0.05, 0.1) is 6.10 Å². The van der Waals surface area contributed by atoms with E-state index in [1.807, 2.05) is 27.7 Å². The van der Waals surface area contributed by atoms with E-state index in [1.54, 1.807) is 0 Å². The molecule has 0 spiro atoms. The maximum Gasteiger partial charge on any atom is 0.0542 e. The molecule has 2 rings (SSSR count). The zero-order valence-corrected chi connectivity index (χ0v) is 14.5. The van der Waals surface area contributed by atoms with Gasteiger partial charge in [-0.25, -0.2) is 0 Å². The average Bonchev–Trinajstić information content (AvgIpc) is 2.44. The summed E-state index contributed by atoms with van der Waals surface area (Å²) in [5.41, 5.74) is 0. The van der Waals surface area contributed by atoms with Crippen molar-refractivity contribution < 1.29 is 5.11 Å². The van der Waals surface area contributed by atoms with Crippen LogP contribution in [0.4, 0.5) is 0 Å². The quantitative estimate of drug-likeness (QED) is 0.557. The number of aliphatic hydroxyl groups excluding tert-OH is 1. The zero-order valence-electron chi connectivity index (χ0n) is 14.5. The maximum absolute atomic E-state index is 9.08. The van der Waals surface area contributed by atoms with E-state index in [0.29, 0.717) is 0 Å². The van der Waals surface area contributed by atoms with Gasteiger partial charge in [0.15, 0.2) is 0 Å². The Bertz CT molecular complexity index is 142. The lowest BCUT2D eigenvalue weighted by Gasteiger charge is -2.21. The summed E-state index contributed by atoms with van der Waals surface area (Å²) >= 11 is 0. The van der Waals surface area contributed by atoms with E-state index in [1.165, 1.54) is 44.9 Å². The molecule has 0 radical (unpaired) electrons. The smallest absolute Gasteiger partial charge is 0.0542 e. The fourth-order valence-electron chi connectivity index (χ4n) is 2.71. The number of hydrogen-bond donors (Lipinski definition) is 1. The minimum absolute atomic E-state index is 0.0127. The molecule has 2 aliphatic carbocycles. The second-order valence-electron chi connectivity index (χ2n) is 5.67. The molecule has 118 valence electrons. The van der Waals surface area contributed by atoms with Gasteiger partial charge in [0.1, 0.15) is 0 Å². The monoisotopic (exact) mass is 272 g/mol. The predicted octanol–water partition coefficient (Wildman–Crippen LogP) is 6.20. The average molecular weight is 273 g/mol. The first-order chi connectivity index (χ1) is 9.18. The predicted molar refractivity (Wildman–Crippen MR) is 88.6 cm³/mol. The SMILES string of the molecule is CC.CC.CC1CCCC(O)C1.CC1CCCCC1. The molecule has 0 aromatic heterocycles. The van der Waals surface area contributed by atoms with E-state index in [2.05, 4.69) is 13.8 Å².